The number of benzene rings is 1. The highest BCUT2D eigenvalue weighted by molar-refractivity contribution is 5.27. The molecule has 0 saturated carbocycles. The summed E-state index contributed by atoms with van der Waals surface area (Å²) in [6, 6.07) is 6.79. The number of rotatable bonds is 2. The van der Waals surface area contributed by atoms with Crippen molar-refractivity contribution >= 4 is 0 Å². The maximum absolute atomic E-state index is 14.2. The van der Waals surface area contributed by atoms with Gasteiger partial charge in [0.15, 0.2) is 0 Å². The lowest BCUT2D eigenvalue weighted by atomic mass is 9.95. The highest BCUT2D eigenvalue weighted by Gasteiger charge is 2.36. The highest BCUT2D eigenvalue weighted by atomic mass is 19.1. The summed E-state index contributed by atoms with van der Waals surface area (Å²) in [5, 5.41) is 9.12. The third-order valence-corrected chi connectivity index (χ3v) is 2.95. The fraction of sp³-hybridized carbons (Fsp3) is 0.500. The van der Waals surface area contributed by atoms with Crippen LogP contribution in [0.5, 0.6) is 5.75 Å². The number of hydrogen-bond acceptors (Lipinski definition) is 2. The third-order valence-electron chi connectivity index (χ3n) is 2.95. The van der Waals surface area contributed by atoms with Crippen molar-refractivity contribution < 1.29 is 9.50 Å². The fourth-order valence-corrected chi connectivity index (χ4v) is 2.16. The summed E-state index contributed by atoms with van der Waals surface area (Å²) < 4.78 is 14.2. The molecule has 3 heteroatoms. The topological polar surface area (TPSA) is 23.5 Å². The van der Waals surface area contributed by atoms with Gasteiger partial charge >= 0.3 is 0 Å². The van der Waals surface area contributed by atoms with E-state index in [1.54, 1.807) is 24.3 Å². The molecule has 1 unspecified atom stereocenters. The highest BCUT2D eigenvalue weighted by Crippen LogP contribution is 2.29. The Morgan fingerprint density at radius 2 is 2.07 bits per heavy atom. The molecule has 82 valence electrons. The number of halogens is 1. The second kappa shape index (κ2) is 3.81. The number of hydrogen-bond donors (Lipinski definition) is 1. The predicted octanol–water partition coefficient (Wildman–Crippen LogP) is 1.98. The summed E-state index contributed by atoms with van der Waals surface area (Å²) in [6.07, 6.45) is 1.04. The standard InChI is InChI=1S/C12H16FNO/c1-14-7-6-12(13,9-14)8-10-2-4-11(15)5-3-10/h2-5,15H,6-9H2,1H3. The second-order valence-electron chi connectivity index (χ2n) is 4.48. The molecule has 1 fully saturated rings. The Morgan fingerprint density at radius 3 is 2.60 bits per heavy atom. The summed E-state index contributed by atoms with van der Waals surface area (Å²) >= 11 is 0. The minimum Gasteiger partial charge on any atom is -0.508 e. The van der Waals surface area contributed by atoms with Crippen LogP contribution in [0.4, 0.5) is 4.39 Å². The smallest absolute Gasteiger partial charge is 0.128 e. The van der Waals surface area contributed by atoms with Crippen LogP contribution < -0.4 is 0 Å². The van der Waals surface area contributed by atoms with Gasteiger partial charge < -0.3 is 10.0 Å². The largest absolute Gasteiger partial charge is 0.508 e. The van der Waals surface area contributed by atoms with Gasteiger partial charge in [-0.3, -0.25) is 0 Å². The molecule has 1 atom stereocenters. The Morgan fingerprint density at radius 1 is 1.40 bits per heavy atom. The van der Waals surface area contributed by atoms with Gasteiger partial charge in [-0.1, -0.05) is 12.1 Å². The Kier molecular flexibility index (Phi) is 2.65. The SMILES string of the molecule is CN1CCC(F)(Cc2ccc(O)cc2)C1. The van der Waals surface area contributed by atoms with Crippen molar-refractivity contribution in [3.8, 4) is 5.75 Å². The first-order valence-electron chi connectivity index (χ1n) is 5.23. The van der Waals surface area contributed by atoms with Gasteiger partial charge in [-0.2, -0.15) is 0 Å². The van der Waals surface area contributed by atoms with Crippen LogP contribution >= 0.6 is 0 Å². The quantitative estimate of drug-likeness (QED) is 0.805. The molecule has 2 rings (SSSR count). The van der Waals surface area contributed by atoms with E-state index in [2.05, 4.69) is 0 Å². The molecule has 0 radical (unpaired) electrons. The fourth-order valence-electron chi connectivity index (χ4n) is 2.16. The van der Waals surface area contributed by atoms with Crippen LogP contribution in [0.25, 0.3) is 0 Å². The molecule has 0 aromatic heterocycles. The van der Waals surface area contributed by atoms with Gasteiger partial charge in [-0.05, 0) is 31.2 Å². The van der Waals surface area contributed by atoms with Crippen LogP contribution in [0.1, 0.15) is 12.0 Å². The van der Waals surface area contributed by atoms with Crippen LogP contribution in [0.2, 0.25) is 0 Å². The zero-order valence-electron chi connectivity index (χ0n) is 8.91. The molecule has 1 heterocycles. The van der Waals surface area contributed by atoms with Gasteiger partial charge in [0.2, 0.25) is 0 Å². The predicted molar refractivity (Wildman–Crippen MR) is 57.8 cm³/mol. The third kappa shape index (κ3) is 2.48. The summed E-state index contributed by atoms with van der Waals surface area (Å²) in [7, 11) is 1.94. The minimum atomic E-state index is -1.09. The normalized spacial score (nSPS) is 27.1. The van der Waals surface area contributed by atoms with Crippen molar-refractivity contribution in [2.75, 3.05) is 20.1 Å². The average molecular weight is 209 g/mol. The van der Waals surface area contributed by atoms with E-state index in [1.807, 2.05) is 11.9 Å². The van der Waals surface area contributed by atoms with Gasteiger partial charge in [0.25, 0.3) is 0 Å². The molecule has 0 bridgehead atoms. The van der Waals surface area contributed by atoms with Gasteiger partial charge in [0.1, 0.15) is 11.4 Å². The Balaban J connectivity index is 2.05. The monoisotopic (exact) mass is 209 g/mol. The average Bonchev–Trinajstić information content (AvgIpc) is 2.50. The maximum Gasteiger partial charge on any atom is 0.128 e. The molecule has 1 N–H and O–H groups in total. The van der Waals surface area contributed by atoms with Crippen LogP contribution in [-0.2, 0) is 6.42 Å². The lowest BCUT2D eigenvalue weighted by Gasteiger charge is -2.19. The lowest BCUT2D eigenvalue weighted by Crippen LogP contribution is -2.29. The number of aromatic hydroxyl groups is 1. The molecule has 0 aliphatic carbocycles. The second-order valence-corrected chi connectivity index (χ2v) is 4.48. The van der Waals surface area contributed by atoms with Gasteiger partial charge in [0, 0.05) is 19.5 Å². The minimum absolute atomic E-state index is 0.232. The van der Waals surface area contributed by atoms with E-state index < -0.39 is 5.67 Å². The first-order valence-corrected chi connectivity index (χ1v) is 5.23. The van der Waals surface area contributed by atoms with Crippen molar-refractivity contribution in [3.05, 3.63) is 29.8 Å². The molecule has 1 saturated heterocycles. The van der Waals surface area contributed by atoms with Crippen molar-refractivity contribution in [2.45, 2.75) is 18.5 Å². The van der Waals surface area contributed by atoms with Crippen LogP contribution in [0.3, 0.4) is 0 Å². The molecule has 1 aliphatic rings. The van der Waals surface area contributed by atoms with Crippen molar-refractivity contribution in [3.63, 3.8) is 0 Å². The first-order chi connectivity index (χ1) is 7.07. The van der Waals surface area contributed by atoms with E-state index in [-0.39, 0.29) is 5.75 Å². The molecule has 1 aromatic rings. The number of phenols is 1. The van der Waals surface area contributed by atoms with E-state index in [4.69, 9.17) is 5.11 Å². The summed E-state index contributed by atoms with van der Waals surface area (Å²) in [5.74, 6) is 0.232. The van der Waals surface area contributed by atoms with Crippen molar-refractivity contribution in [2.24, 2.45) is 0 Å². The van der Waals surface area contributed by atoms with Crippen LogP contribution in [0.15, 0.2) is 24.3 Å². The Bertz CT molecular complexity index is 338. The molecule has 2 nitrogen and oxygen atoms in total. The summed E-state index contributed by atoms with van der Waals surface area (Å²) in [4.78, 5) is 2.01. The lowest BCUT2D eigenvalue weighted by molar-refractivity contribution is 0.173. The summed E-state index contributed by atoms with van der Waals surface area (Å²) in [5.41, 5.74) is -0.142. The number of likely N-dealkylation sites (tertiary alicyclic amines) is 1. The zero-order valence-corrected chi connectivity index (χ0v) is 8.91. The van der Waals surface area contributed by atoms with E-state index in [0.717, 1.165) is 12.1 Å². The van der Waals surface area contributed by atoms with Crippen molar-refractivity contribution in [1.82, 2.24) is 4.90 Å². The Labute approximate surface area is 89.3 Å². The molecule has 0 spiro atoms. The van der Waals surface area contributed by atoms with Gasteiger partial charge in [-0.25, -0.2) is 4.39 Å². The van der Waals surface area contributed by atoms with E-state index in [0.29, 0.717) is 19.4 Å². The van der Waals surface area contributed by atoms with Gasteiger partial charge in [0.05, 0.1) is 0 Å². The van der Waals surface area contributed by atoms with E-state index >= 15 is 0 Å². The van der Waals surface area contributed by atoms with Crippen LogP contribution in [-0.4, -0.2) is 35.8 Å². The zero-order chi connectivity index (χ0) is 10.9. The van der Waals surface area contributed by atoms with E-state index in [1.165, 1.54) is 0 Å². The number of phenolic OH excluding ortho intramolecular Hbond substituents is 1. The van der Waals surface area contributed by atoms with Crippen LogP contribution in [0, 0.1) is 0 Å². The maximum atomic E-state index is 14.2. The molecule has 1 aliphatic heterocycles. The Hall–Kier alpha value is -1.09. The summed E-state index contributed by atoms with van der Waals surface area (Å²) in [6.45, 7) is 1.34. The molecule has 1 aromatic carbocycles. The number of alkyl halides is 1. The van der Waals surface area contributed by atoms with E-state index in [9.17, 15) is 4.39 Å². The molecular formula is C12H16FNO. The first kappa shape index (κ1) is 10.4. The number of nitrogens with zero attached hydrogens (tertiary/aromatic N) is 1. The molecule has 0 amide bonds. The molecular weight excluding hydrogens is 193 g/mol. The van der Waals surface area contributed by atoms with Crippen molar-refractivity contribution in [1.29, 1.82) is 0 Å². The molecule has 15 heavy (non-hydrogen) atoms. The van der Waals surface area contributed by atoms with Gasteiger partial charge in [-0.15, -0.1) is 0 Å².